The first-order chi connectivity index (χ1) is 7.29. The van der Waals surface area contributed by atoms with Gasteiger partial charge >= 0.3 is 0 Å². The van der Waals surface area contributed by atoms with Crippen LogP contribution in [0.3, 0.4) is 0 Å². The topological polar surface area (TPSA) is 48.1 Å². The second-order valence-corrected chi connectivity index (χ2v) is 4.59. The molecule has 0 saturated carbocycles. The van der Waals surface area contributed by atoms with E-state index in [4.69, 9.17) is 10.5 Å². The Morgan fingerprint density at radius 1 is 1.47 bits per heavy atom. The summed E-state index contributed by atoms with van der Waals surface area (Å²) >= 11 is 1.69. The summed E-state index contributed by atoms with van der Waals surface area (Å²) < 4.78 is 6.74. The third-order valence-corrected chi connectivity index (χ3v) is 3.02. The van der Waals surface area contributed by atoms with Crippen LogP contribution in [-0.2, 0) is 0 Å². The Morgan fingerprint density at radius 2 is 2.33 bits per heavy atom. The summed E-state index contributed by atoms with van der Waals surface area (Å²) in [6.45, 7) is 3.36. The minimum absolute atomic E-state index is 0.669. The Morgan fingerprint density at radius 3 is 3.13 bits per heavy atom. The highest BCUT2D eigenvalue weighted by Gasteiger charge is 2.01. The van der Waals surface area contributed by atoms with Crippen LogP contribution in [0.15, 0.2) is 18.2 Å². The van der Waals surface area contributed by atoms with E-state index in [1.165, 1.54) is 4.70 Å². The standard InChI is InChI=1S/C11H14N2OS/c1-8-13-10-4-3-9(7-11(10)15-8)14-6-2-5-12/h3-4,7H,2,5-6,12H2,1H3. The molecule has 2 aromatic rings. The van der Waals surface area contributed by atoms with Crippen molar-refractivity contribution in [1.29, 1.82) is 0 Å². The Kier molecular flexibility index (Phi) is 3.18. The highest BCUT2D eigenvalue weighted by Crippen LogP contribution is 2.25. The average molecular weight is 222 g/mol. The van der Waals surface area contributed by atoms with Crippen LogP contribution in [0.25, 0.3) is 10.2 Å². The van der Waals surface area contributed by atoms with Crippen molar-refractivity contribution < 1.29 is 4.74 Å². The number of thiazole rings is 1. The smallest absolute Gasteiger partial charge is 0.120 e. The molecule has 0 aliphatic heterocycles. The molecule has 2 rings (SSSR count). The molecule has 0 aliphatic rings. The van der Waals surface area contributed by atoms with Crippen LogP contribution in [0.1, 0.15) is 11.4 Å². The van der Waals surface area contributed by atoms with E-state index in [0.717, 1.165) is 22.7 Å². The van der Waals surface area contributed by atoms with Crippen LogP contribution in [0.2, 0.25) is 0 Å². The van der Waals surface area contributed by atoms with Gasteiger partial charge in [-0.2, -0.15) is 0 Å². The van der Waals surface area contributed by atoms with Crippen molar-refractivity contribution in [2.75, 3.05) is 13.2 Å². The van der Waals surface area contributed by atoms with Crippen molar-refractivity contribution in [3.63, 3.8) is 0 Å². The molecule has 15 heavy (non-hydrogen) atoms. The van der Waals surface area contributed by atoms with Gasteiger partial charge in [0.1, 0.15) is 5.75 Å². The molecule has 1 aromatic carbocycles. The molecule has 0 aliphatic carbocycles. The molecule has 3 nitrogen and oxygen atoms in total. The lowest BCUT2D eigenvalue weighted by Crippen LogP contribution is -2.05. The average Bonchev–Trinajstić information content (AvgIpc) is 2.57. The van der Waals surface area contributed by atoms with Gasteiger partial charge in [0.2, 0.25) is 0 Å². The fourth-order valence-corrected chi connectivity index (χ4v) is 2.24. The van der Waals surface area contributed by atoms with Crippen LogP contribution in [-0.4, -0.2) is 18.1 Å². The molecule has 0 fully saturated rings. The fraction of sp³-hybridized carbons (Fsp3) is 0.364. The Bertz CT molecular complexity index is 453. The van der Waals surface area contributed by atoms with Gasteiger partial charge in [-0.1, -0.05) is 0 Å². The second kappa shape index (κ2) is 4.59. The number of benzene rings is 1. The number of aromatic nitrogens is 1. The number of ether oxygens (including phenoxy) is 1. The highest BCUT2D eigenvalue weighted by atomic mass is 32.1. The Labute approximate surface area is 92.9 Å². The molecule has 1 aromatic heterocycles. The maximum atomic E-state index is 5.56. The molecule has 4 heteroatoms. The molecule has 0 spiro atoms. The first-order valence-electron chi connectivity index (χ1n) is 4.99. The van der Waals surface area contributed by atoms with E-state index in [0.29, 0.717) is 13.2 Å². The van der Waals surface area contributed by atoms with E-state index in [-0.39, 0.29) is 0 Å². The molecule has 80 valence electrons. The van der Waals surface area contributed by atoms with Gasteiger partial charge in [0, 0.05) is 0 Å². The lowest BCUT2D eigenvalue weighted by Gasteiger charge is -2.04. The number of rotatable bonds is 4. The van der Waals surface area contributed by atoms with Crippen molar-refractivity contribution in [3.05, 3.63) is 23.2 Å². The zero-order valence-electron chi connectivity index (χ0n) is 8.69. The minimum Gasteiger partial charge on any atom is -0.493 e. The van der Waals surface area contributed by atoms with Gasteiger partial charge < -0.3 is 10.5 Å². The maximum Gasteiger partial charge on any atom is 0.120 e. The molecule has 0 saturated heterocycles. The van der Waals surface area contributed by atoms with Crippen molar-refractivity contribution in [3.8, 4) is 5.75 Å². The normalized spacial score (nSPS) is 10.8. The number of fused-ring (bicyclic) bond motifs is 1. The van der Waals surface area contributed by atoms with Gasteiger partial charge in [-0.25, -0.2) is 4.98 Å². The third-order valence-electron chi connectivity index (χ3n) is 2.08. The lowest BCUT2D eigenvalue weighted by atomic mass is 10.3. The van der Waals surface area contributed by atoms with E-state index in [1.54, 1.807) is 11.3 Å². The number of nitrogens with zero attached hydrogens (tertiary/aromatic N) is 1. The van der Waals surface area contributed by atoms with Crippen LogP contribution < -0.4 is 10.5 Å². The molecular weight excluding hydrogens is 208 g/mol. The quantitative estimate of drug-likeness (QED) is 0.808. The van der Waals surface area contributed by atoms with Crippen LogP contribution in [0.4, 0.5) is 0 Å². The summed E-state index contributed by atoms with van der Waals surface area (Å²) in [5.41, 5.74) is 6.44. The monoisotopic (exact) mass is 222 g/mol. The predicted molar refractivity (Wildman–Crippen MR) is 63.5 cm³/mol. The Balaban J connectivity index is 2.15. The number of hydrogen-bond donors (Lipinski definition) is 1. The number of aryl methyl sites for hydroxylation is 1. The summed E-state index contributed by atoms with van der Waals surface area (Å²) in [5.74, 6) is 0.902. The molecule has 1 heterocycles. The van der Waals surface area contributed by atoms with Gasteiger partial charge in [0.25, 0.3) is 0 Å². The summed E-state index contributed by atoms with van der Waals surface area (Å²) in [6.07, 6.45) is 0.889. The SMILES string of the molecule is Cc1nc2ccc(OCCCN)cc2s1. The minimum atomic E-state index is 0.669. The van der Waals surface area contributed by atoms with Gasteiger partial charge in [0.05, 0.1) is 21.8 Å². The van der Waals surface area contributed by atoms with Crippen LogP contribution in [0.5, 0.6) is 5.75 Å². The molecule has 0 bridgehead atoms. The molecule has 2 N–H and O–H groups in total. The van der Waals surface area contributed by atoms with E-state index in [2.05, 4.69) is 4.98 Å². The zero-order valence-corrected chi connectivity index (χ0v) is 9.51. The first-order valence-corrected chi connectivity index (χ1v) is 5.81. The van der Waals surface area contributed by atoms with Gasteiger partial charge in [0.15, 0.2) is 0 Å². The molecule has 0 atom stereocenters. The zero-order chi connectivity index (χ0) is 10.7. The van der Waals surface area contributed by atoms with E-state index >= 15 is 0 Å². The second-order valence-electron chi connectivity index (χ2n) is 3.35. The van der Waals surface area contributed by atoms with Crippen molar-refractivity contribution >= 4 is 21.6 Å². The molecule has 0 radical (unpaired) electrons. The summed E-state index contributed by atoms with van der Waals surface area (Å²) in [6, 6.07) is 5.99. The van der Waals surface area contributed by atoms with Gasteiger partial charge in [-0.05, 0) is 38.1 Å². The predicted octanol–water partition coefficient (Wildman–Crippen LogP) is 2.33. The summed E-state index contributed by atoms with van der Waals surface area (Å²) in [7, 11) is 0. The highest BCUT2D eigenvalue weighted by molar-refractivity contribution is 7.18. The molecular formula is C11H14N2OS. The Hall–Kier alpha value is -1.13. The van der Waals surface area contributed by atoms with Gasteiger partial charge in [-0.15, -0.1) is 11.3 Å². The number of nitrogens with two attached hydrogens (primary N) is 1. The molecule has 0 unspecified atom stereocenters. The van der Waals surface area contributed by atoms with E-state index in [1.807, 2.05) is 25.1 Å². The van der Waals surface area contributed by atoms with E-state index < -0.39 is 0 Å². The third kappa shape index (κ3) is 2.46. The van der Waals surface area contributed by atoms with Crippen molar-refractivity contribution in [2.45, 2.75) is 13.3 Å². The van der Waals surface area contributed by atoms with Crippen LogP contribution in [0, 0.1) is 6.92 Å². The maximum absolute atomic E-state index is 5.56. The summed E-state index contributed by atoms with van der Waals surface area (Å²) in [4.78, 5) is 4.39. The largest absolute Gasteiger partial charge is 0.493 e. The molecule has 0 amide bonds. The first kappa shape index (κ1) is 10.4. The van der Waals surface area contributed by atoms with Crippen molar-refractivity contribution in [2.24, 2.45) is 5.73 Å². The summed E-state index contributed by atoms with van der Waals surface area (Å²) in [5, 5.41) is 1.09. The fourth-order valence-electron chi connectivity index (χ4n) is 1.38. The number of hydrogen-bond acceptors (Lipinski definition) is 4. The lowest BCUT2D eigenvalue weighted by molar-refractivity contribution is 0.314. The van der Waals surface area contributed by atoms with E-state index in [9.17, 15) is 0 Å². The van der Waals surface area contributed by atoms with Gasteiger partial charge in [-0.3, -0.25) is 0 Å². The van der Waals surface area contributed by atoms with Crippen molar-refractivity contribution in [1.82, 2.24) is 4.98 Å². The van der Waals surface area contributed by atoms with Crippen LogP contribution >= 0.6 is 11.3 Å².